The van der Waals surface area contributed by atoms with E-state index in [1.807, 2.05) is 6.92 Å². The van der Waals surface area contributed by atoms with Crippen molar-refractivity contribution in [2.24, 2.45) is 12.9 Å². The second-order valence-corrected chi connectivity index (χ2v) is 4.10. The zero-order valence-corrected chi connectivity index (χ0v) is 10.1. The van der Waals surface area contributed by atoms with Crippen molar-refractivity contribution < 1.29 is 8.78 Å². The van der Waals surface area contributed by atoms with E-state index >= 15 is 0 Å². The smallest absolute Gasteiger partial charge is 0.131 e. The highest BCUT2D eigenvalue weighted by atomic mass is 19.1. The molecule has 2 aromatic rings. The molecule has 1 heterocycles. The van der Waals surface area contributed by atoms with E-state index in [-0.39, 0.29) is 5.56 Å². The summed E-state index contributed by atoms with van der Waals surface area (Å²) < 4.78 is 28.3. The van der Waals surface area contributed by atoms with Crippen molar-refractivity contribution in [3.63, 3.8) is 0 Å². The van der Waals surface area contributed by atoms with E-state index in [1.54, 1.807) is 17.8 Å². The van der Waals surface area contributed by atoms with Crippen LogP contribution in [0.3, 0.4) is 0 Å². The molecule has 0 radical (unpaired) electrons. The first-order chi connectivity index (χ1) is 8.52. The molecule has 0 fully saturated rings. The molecule has 0 spiro atoms. The van der Waals surface area contributed by atoms with E-state index in [9.17, 15) is 8.78 Å². The van der Waals surface area contributed by atoms with Crippen LogP contribution in [0.15, 0.2) is 24.3 Å². The quantitative estimate of drug-likeness (QED) is 0.644. The minimum atomic E-state index is -0.642. The number of rotatable bonds is 3. The standard InChI is InChI=1S/C12H14F2N4/c1-7-5-11(18(2)17-7)12(16-15)9-4-3-8(13)6-10(9)14/h3-6,12,16H,15H2,1-2H3. The molecule has 4 nitrogen and oxygen atoms in total. The Labute approximate surface area is 103 Å². The largest absolute Gasteiger partial charge is 0.271 e. The lowest BCUT2D eigenvalue weighted by molar-refractivity contribution is 0.522. The average Bonchev–Trinajstić information content (AvgIpc) is 2.62. The first-order valence-electron chi connectivity index (χ1n) is 5.44. The van der Waals surface area contributed by atoms with Crippen LogP contribution in [0.4, 0.5) is 8.78 Å². The van der Waals surface area contributed by atoms with E-state index in [4.69, 9.17) is 5.84 Å². The molecular weight excluding hydrogens is 238 g/mol. The van der Waals surface area contributed by atoms with Gasteiger partial charge >= 0.3 is 0 Å². The first kappa shape index (κ1) is 12.7. The average molecular weight is 252 g/mol. The lowest BCUT2D eigenvalue weighted by Gasteiger charge is -2.17. The van der Waals surface area contributed by atoms with Crippen LogP contribution in [0.25, 0.3) is 0 Å². The Kier molecular flexibility index (Phi) is 3.40. The van der Waals surface area contributed by atoms with Gasteiger partial charge in [-0.05, 0) is 19.1 Å². The van der Waals surface area contributed by atoms with Crippen LogP contribution >= 0.6 is 0 Å². The van der Waals surface area contributed by atoms with Crippen LogP contribution in [-0.2, 0) is 7.05 Å². The van der Waals surface area contributed by atoms with Gasteiger partial charge in [-0.3, -0.25) is 10.5 Å². The zero-order valence-electron chi connectivity index (χ0n) is 10.1. The number of aromatic nitrogens is 2. The van der Waals surface area contributed by atoms with Crippen molar-refractivity contribution >= 4 is 0 Å². The normalized spacial score (nSPS) is 12.7. The summed E-state index contributed by atoms with van der Waals surface area (Å²) in [5.74, 6) is 4.21. The van der Waals surface area contributed by atoms with Crippen LogP contribution in [0, 0.1) is 18.6 Å². The molecule has 0 saturated heterocycles. The second kappa shape index (κ2) is 4.83. The number of nitrogens with zero attached hydrogens (tertiary/aromatic N) is 2. The summed E-state index contributed by atoms with van der Waals surface area (Å²) in [4.78, 5) is 0. The summed E-state index contributed by atoms with van der Waals surface area (Å²) in [7, 11) is 1.74. The Bertz CT molecular complexity index is 565. The SMILES string of the molecule is Cc1cc(C(NN)c2ccc(F)cc2F)n(C)n1. The summed E-state index contributed by atoms with van der Waals surface area (Å²) in [6, 6.07) is 4.64. The molecule has 18 heavy (non-hydrogen) atoms. The third-order valence-corrected chi connectivity index (χ3v) is 2.77. The van der Waals surface area contributed by atoms with Crippen molar-refractivity contribution in [1.82, 2.24) is 15.2 Å². The monoisotopic (exact) mass is 252 g/mol. The zero-order chi connectivity index (χ0) is 13.3. The van der Waals surface area contributed by atoms with Gasteiger partial charge in [-0.25, -0.2) is 14.2 Å². The van der Waals surface area contributed by atoms with Crippen LogP contribution in [0.5, 0.6) is 0 Å². The maximum absolute atomic E-state index is 13.7. The fraction of sp³-hybridized carbons (Fsp3) is 0.250. The van der Waals surface area contributed by atoms with Gasteiger partial charge in [0.05, 0.1) is 17.4 Å². The number of halogens is 2. The number of hydrogen-bond donors (Lipinski definition) is 2. The van der Waals surface area contributed by atoms with Crippen molar-refractivity contribution in [2.75, 3.05) is 0 Å². The van der Waals surface area contributed by atoms with Crippen LogP contribution in [0.2, 0.25) is 0 Å². The Morgan fingerprint density at radius 2 is 2.06 bits per heavy atom. The fourth-order valence-corrected chi connectivity index (χ4v) is 1.97. The van der Waals surface area contributed by atoms with Crippen molar-refractivity contribution in [3.05, 3.63) is 52.9 Å². The maximum atomic E-state index is 13.7. The molecule has 0 aliphatic rings. The molecule has 1 atom stereocenters. The van der Waals surface area contributed by atoms with Gasteiger partial charge in [0.15, 0.2) is 0 Å². The highest BCUT2D eigenvalue weighted by Crippen LogP contribution is 2.24. The summed E-state index contributed by atoms with van der Waals surface area (Å²) in [6.45, 7) is 1.83. The third-order valence-electron chi connectivity index (χ3n) is 2.77. The van der Waals surface area contributed by atoms with E-state index in [2.05, 4.69) is 10.5 Å². The van der Waals surface area contributed by atoms with Gasteiger partial charge in [-0.2, -0.15) is 5.10 Å². The summed E-state index contributed by atoms with van der Waals surface area (Å²) in [5, 5.41) is 4.18. The Balaban J connectivity index is 2.48. The topological polar surface area (TPSA) is 55.9 Å². The minimum absolute atomic E-state index is 0.280. The minimum Gasteiger partial charge on any atom is -0.271 e. The fourth-order valence-electron chi connectivity index (χ4n) is 1.97. The molecular formula is C12H14F2N4. The number of nitrogens with two attached hydrogens (primary N) is 1. The Morgan fingerprint density at radius 3 is 2.56 bits per heavy atom. The van der Waals surface area contributed by atoms with Gasteiger partial charge in [0.25, 0.3) is 0 Å². The molecule has 2 rings (SSSR count). The van der Waals surface area contributed by atoms with Gasteiger partial charge in [0.1, 0.15) is 11.6 Å². The Hall–Kier alpha value is -1.79. The molecule has 96 valence electrons. The van der Waals surface area contributed by atoms with E-state index < -0.39 is 17.7 Å². The summed E-state index contributed by atoms with van der Waals surface area (Å²) in [5.41, 5.74) is 4.32. The highest BCUT2D eigenvalue weighted by Gasteiger charge is 2.20. The van der Waals surface area contributed by atoms with Gasteiger partial charge in [0, 0.05) is 18.7 Å². The molecule has 0 amide bonds. The van der Waals surface area contributed by atoms with Gasteiger partial charge in [0.2, 0.25) is 0 Å². The molecule has 6 heteroatoms. The molecule has 3 N–H and O–H groups in total. The lowest BCUT2D eigenvalue weighted by Crippen LogP contribution is -2.31. The molecule has 0 saturated carbocycles. The maximum Gasteiger partial charge on any atom is 0.131 e. The number of benzene rings is 1. The van der Waals surface area contributed by atoms with E-state index in [0.29, 0.717) is 5.69 Å². The van der Waals surface area contributed by atoms with Gasteiger partial charge in [-0.15, -0.1) is 0 Å². The molecule has 0 aliphatic heterocycles. The first-order valence-corrected chi connectivity index (χ1v) is 5.44. The third kappa shape index (κ3) is 2.25. The van der Waals surface area contributed by atoms with Crippen LogP contribution in [0.1, 0.15) is 23.0 Å². The molecule has 1 aromatic heterocycles. The number of nitrogens with one attached hydrogen (secondary N) is 1. The Morgan fingerprint density at radius 1 is 1.33 bits per heavy atom. The number of hydrazine groups is 1. The number of hydrogen-bond acceptors (Lipinski definition) is 3. The molecule has 0 aliphatic carbocycles. The number of aryl methyl sites for hydroxylation is 2. The molecule has 0 bridgehead atoms. The summed E-state index contributed by atoms with van der Waals surface area (Å²) >= 11 is 0. The highest BCUT2D eigenvalue weighted by molar-refractivity contribution is 5.30. The van der Waals surface area contributed by atoms with Crippen molar-refractivity contribution in [2.45, 2.75) is 13.0 Å². The summed E-state index contributed by atoms with van der Waals surface area (Å²) in [6.07, 6.45) is 0. The van der Waals surface area contributed by atoms with Crippen LogP contribution in [-0.4, -0.2) is 9.78 Å². The second-order valence-electron chi connectivity index (χ2n) is 4.10. The van der Waals surface area contributed by atoms with Gasteiger partial charge < -0.3 is 0 Å². The van der Waals surface area contributed by atoms with E-state index in [0.717, 1.165) is 11.8 Å². The molecule has 1 aromatic carbocycles. The van der Waals surface area contributed by atoms with Crippen molar-refractivity contribution in [1.29, 1.82) is 0 Å². The van der Waals surface area contributed by atoms with E-state index in [1.165, 1.54) is 12.1 Å². The molecule has 1 unspecified atom stereocenters. The van der Waals surface area contributed by atoms with Gasteiger partial charge in [-0.1, -0.05) is 6.07 Å². The van der Waals surface area contributed by atoms with Crippen molar-refractivity contribution in [3.8, 4) is 0 Å². The lowest BCUT2D eigenvalue weighted by atomic mass is 10.0. The predicted molar refractivity (Wildman–Crippen MR) is 63.5 cm³/mol. The van der Waals surface area contributed by atoms with Crippen LogP contribution < -0.4 is 11.3 Å². The predicted octanol–water partition coefficient (Wildman–Crippen LogP) is 1.56.